The molecule has 5 heterocycles. The molecule has 0 amide bonds. The van der Waals surface area contributed by atoms with Crippen molar-refractivity contribution in [1.29, 1.82) is 0 Å². The predicted octanol–water partition coefficient (Wildman–Crippen LogP) is 4.43. The average molecular weight is 461 g/mol. The van der Waals surface area contributed by atoms with Crippen LogP contribution in [0.1, 0.15) is 33.8 Å². The van der Waals surface area contributed by atoms with Gasteiger partial charge >= 0.3 is 6.18 Å². The van der Waals surface area contributed by atoms with E-state index in [1.807, 2.05) is 25.1 Å². The van der Waals surface area contributed by atoms with Crippen LogP contribution in [0.25, 0.3) is 11.1 Å². The topological polar surface area (TPSA) is 73.0 Å². The Morgan fingerprint density at radius 3 is 2.53 bits per heavy atom. The number of pyridine rings is 4. The number of hydrogen-bond acceptors (Lipinski definition) is 5. The normalized spacial score (nSPS) is 13.0. The number of aryl methyl sites for hydroxylation is 1. The van der Waals surface area contributed by atoms with E-state index in [9.17, 15) is 18.0 Å². The van der Waals surface area contributed by atoms with Gasteiger partial charge in [-0.2, -0.15) is 13.2 Å². The number of alkyl halides is 3. The van der Waals surface area contributed by atoms with Crippen molar-refractivity contribution in [1.82, 2.24) is 19.5 Å². The van der Waals surface area contributed by atoms with Gasteiger partial charge in [0.05, 0.1) is 24.5 Å². The van der Waals surface area contributed by atoms with Gasteiger partial charge in [-0.15, -0.1) is 0 Å². The molecule has 0 N–H and O–H groups in total. The highest BCUT2D eigenvalue weighted by molar-refractivity contribution is 6.15. The second-order valence-corrected chi connectivity index (χ2v) is 8.00. The van der Waals surface area contributed by atoms with E-state index in [4.69, 9.17) is 0 Å². The summed E-state index contributed by atoms with van der Waals surface area (Å²) in [5.74, 6) is 0. The number of fused-ring (bicyclic) bond motifs is 1. The summed E-state index contributed by atoms with van der Waals surface area (Å²) in [5, 5.41) is 0. The predicted molar refractivity (Wildman–Crippen MR) is 121 cm³/mol. The van der Waals surface area contributed by atoms with Crippen molar-refractivity contribution >= 4 is 5.71 Å². The first kappa shape index (κ1) is 21.7. The Labute approximate surface area is 192 Å². The first-order chi connectivity index (χ1) is 16.3. The Kier molecular flexibility index (Phi) is 5.31. The van der Waals surface area contributed by atoms with Crippen molar-refractivity contribution in [3.8, 4) is 11.1 Å². The van der Waals surface area contributed by atoms with Crippen LogP contribution in [-0.2, 0) is 19.3 Å². The maximum atomic E-state index is 12.9. The molecule has 0 atom stereocenters. The van der Waals surface area contributed by atoms with Crippen molar-refractivity contribution in [3.05, 3.63) is 111 Å². The fraction of sp³-hybridized carbons (Fsp3) is 0.160. The van der Waals surface area contributed by atoms with Gasteiger partial charge in [0.15, 0.2) is 0 Å². The molecule has 0 bridgehead atoms. The van der Waals surface area contributed by atoms with Gasteiger partial charge in [-0.1, -0.05) is 0 Å². The van der Waals surface area contributed by atoms with Gasteiger partial charge in [-0.3, -0.25) is 24.7 Å². The van der Waals surface area contributed by atoms with E-state index in [1.54, 1.807) is 24.7 Å². The summed E-state index contributed by atoms with van der Waals surface area (Å²) in [5.41, 5.74) is 4.89. The van der Waals surface area contributed by atoms with Crippen molar-refractivity contribution in [2.24, 2.45) is 4.99 Å². The molecule has 0 spiro atoms. The smallest absolute Gasteiger partial charge is 0.311 e. The number of nitrogens with zero attached hydrogens (tertiary/aromatic N) is 5. The Morgan fingerprint density at radius 1 is 0.941 bits per heavy atom. The molecule has 4 aromatic rings. The third kappa shape index (κ3) is 4.24. The zero-order valence-corrected chi connectivity index (χ0v) is 18.0. The molecule has 1 aliphatic rings. The molecule has 0 aromatic carbocycles. The molecular formula is C25H18F3N5O. The average Bonchev–Trinajstić information content (AvgIpc) is 3.23. The number of aliphatic imine (C=N–C) groups is 1. The van der Waals surface area contributed by atoms with Crippen LogP contribution in [0.3, 0.4) is 0 Å². The molecule has 34 heavy (non-hydrogen) atoms. The molecule has 0 aliphatic carbocycles. The number of aromatic nitrogens is 4. The highest BCUT2D eigenvalue weighted by Gasteiger charge is 2.32. The lowest BCUT2D eigenvalue weighted by atomic mass is 9.99. The second kappa shape index (κ2) is 8.33. The Bertz CT molecular complexity index is 1490. The summed E-state index contributed by atoms with van der Waals surface area (Å²) in [6.45, 7) is 2.41. The quantitative estimate of drug-likeness (QED) is 0.451. The summed E-state index contributed by atoms with van der Waals surface area (Å²) in [7, 11) is 0. The molecule has 4 aromatic heterocycles. The standard InChI is InChI=1S/C25H18F3N5O/c1-15-8-18(3-6-29-15)24-20-10-19(12-31-21(20)13-32-24)17-4-7-33(23(34)11-17)14-16-2-5-30-22(9-16)25(26,27)28/h2-12H,13-14H2,1H3. The Balaban J connectivity index is 1.43. The minimum absolute atomic E-state index is 0.00531. The molecule has 170 valence electrons. The third-order valence-corrected chi connectivity index (χ3v) is 5.58. The van der Waals surface area contributed by atoms with E-state index in [2.05, 4.69) is 19.9 Å². The first-order valence-electron chi connectivity index (χ1n) is 10.5. The molecular weight excluding hydrogens is 443 g/mol. The largest absolute Gasteiger partial charge is 0.433 e. The molecule has 6 nitrogen and oxygen atoms in total. The molecule has 0 radical (unpaired) electrons. The summed E-state index contributed by atoms with van der Waals surface area (Å²) in [6, 6.07) is 11.4. The molecule has 0 saturated heterocycles. The van der Waals surface area contributed by atoms with Gasteiger partial charge in [0.25, 0.3) is 5.56 Å². The van der Waals surface area contributed by atoms with Gasteiger partial charge in [0.1, 0.15) is 5.69 Å². The molecule has 1 aliphatic heterocycles. The highest BCUT2D eigenvalue weighted by Crippen LogP contribution is 2.28. The van der Waals surface area contributed by atoms with Crippen LogP contribution >= 0.6 is 0 Å². The van der Waals surface area contributed by atoms with Crippen LogP contribution < -0.4 is 5.56 Å². The Morgan fingerprint density at radius 2 is 1.76 bits per heavy atom. The van der Waals surface area contributed by atoms with Crippen LogP contribution in [-0.4, -0.2) is 25.2 Å². The first-order valence-corrected chi connectivity index (χ1v) is 10.5. The number of hydrogen-bond donors (Lipinski definition) is 0. The lowest BCUT2D eigenvalue weighted by Gasteiger charge is -2.11. The SMILES string of the molecule is Cc1cc(C2=NCc3ncc(-c4ccn(Cc5ccnc(C(F)(F)F)c5)c(=O)c4)cc32)ccn1. The van der Waals surface area contributed by atoms with E-state index in [-0.39, 0.29) is 12.1 Å². The summed E-state index contributed by atoms with van der Waals surface area (Å²) in [4.78, 5) is 29.5. The lowest BCUT2D eigenvalue weighted by Crippen LogP contribution is -2.19. The van der Waals surface area contributed by atoms with Crippen molar-refractivity contribution < 1.29 is 13.2 Å². The molecule has 0 saturated carbocycles. The van der Waals surface area contributed by atoms with Crippen LogP contribution in [0.2, 0.25) is 0 Å². The number of rotatable bonds is 4. The van der Waals surface area contributed by atoms with Gasteiger partial charge in [-0.25, -0.2) is 0 Å². The third-order valence-electron chi connectivity index (χ3n) is 5.58. The zero-order valence-electron chi connectivity index (χ0n) is 18.0. The maximum absolute atomic E-state index is 12.9. The highest BCUT2D eigenvalue weighted by atomic mass is 19.4. The van der Waals surface area contributed by atoms with E-state index in [1.165, 1.54) is 16.7 Å². The van der Waals surface area contributed by atoms with E-state index in [0.717, 1.165) is 46.1 Å². The molecule has 0 unspecified atom stereocenters. The summed E-state index contributed by atoms with van der Waals surface area (Å²) >= 11 is 0. The van der Waals surface area contributed by atoms with Crippen LogP contribution in [0, 0.1) is 6.92 Å². The van der Waals surface area contributed by atoms with E-state index >= 15 is 0 Å². The van der Waals surface area contributed by atoms with Crippen LogP contribution in [0.4, 0.5) is 13.2 Å². The van der Waals surface area contributed by atoms with Crippen molar-refractivity contribution in [2.45, 2.75) is 26.2 Å². The van der Waals surface area contributed by atoms with Gasteiger partial charge in [0.2, 0.25) is 0 Å². The fourth-order valence-electron chi connectivity index (χ4n) is 3.90. The van der Waals surface area contributed by atoms with Crippen LogP contribution in [0.15, 0.2) is 77.0 Å². The summed E-state index contributed by atoms with van der Waals surface area (Å²) < 4.78 is 40.1. The zero-order chi connectivity index (χ0) is 23.9. The summed E-state index contributed by atoms with van der Waals surface area (Å²) in [6.07, 6.45) is 1.56. The van der Waals surface area contributed by atoms with Crippen molar-refractivity contribution in [2.75, 3.05) is 0 Å². The minimum atomic E-state index is -4.54. The van der Waals surface area contributed by atoms with E-state index in [0.29, 0.717) is 17.7 Å². The van der Waals surface area contributed by atoms with Crippen LogP contribution in [0.5, 0.6) is 0 Å². The van der Waals surface area contributed by atoms with Gasteiger partial charge < -0.3 is 4.57 Å². The minimum Gasteiger partial charge on any atom is -0.311 e. The monoisotopic (exact) mass is 461 g/mol. The number of halogens is 3. The van der Waals surface area contributed by atoms with Gasteiger partial charge in [0, 0.05) is 53.2 Å². The lowest BCUT2D eigenvalue weighted by molar-refractivity contribution is -0.141. The molecule has 5 rings (SSSR count). The van der Waals surface area contributed by atoms with E-state index < -0.39 is 11.9 Å². The molecule has 9 heteroatoms. The Hall–Kier alpha value is -4.14. The fourth-order valence-corrected chi connectivity index (χ4v) is 3.90. The van der Waals surface area contributed by atoms with Gasteiger partial charge in [-0.05, 0) is 54.4 Å². The molecule has 0 fully saturated rings. The van der Waals surface area contributed by atoms with Crippen molar-refractivity contribution in [3.63, 3.8) is 0 Å². The second-order valence-electron chi connectivity index (χ2n) is 8.00. The maximum Gasteiger partial charge on any atom is 0.433 e.